The van der Waals surface area contributed by atoms with Crippen LogP contribution in [-0.4, -0.2) is 11.8 Å². The summed E-state index contributed by atoms with van der Waals surface area (Å²) in [6.45, 7) is 0. The second-order valence-electron chi connectivity index (χ2n) is 4.50. The number of rotatable bonds is 5. The van der Waals surface area contributed by atoms with E-state index in [4.69, 9.17) is 0 Å². The molecule has 0 radical (unpaired) electrons. The van der Waals surface area contributed by atoms with E-state index in [0.717, 1.165) is 24.0 Å². The molecule has 2 aromatic rings. The van der Waals surface area contributed by atoms with Gasteiger partial charge in [0.05, 0.1) is 0 Å². The number of hydrogen-bond donors (Lipinski definition) is 0. The lowest BCUT2D eigenvalue weighted by Crippen LogP contribution is -1.92. The molecule has 0 saturated carbocycles. The zero-order chi connectivity index (χ0) is 12.8. The monoisotopic (exact) mass is 240 g/mol. The highest BCUT2D eigenvalue weighted by Gasteiger charge is 2.04. The highest BCUT2D eigenvalue weighted by atomic mass is 16.3. The van der Waals surface area contributed by atoms with Crippen molar-refractivity contribution in [2.45, 2.75) is 19.3 Å². The van der Waals surface area contributed by atoms with Gasteiger partial charge in [-0.15, -0.1) is 0 Å². The predicted octanol–water partition coefficient (Wildman–Crippen LogP) is 3.90. The molecular weight excluding hydrogens is 222 g/mol. The molecule has 2 aromatic carbocycles. The van der Waals surface area contributed by atoms with E-state index >= 15 is 0 Å². The standard InChI is InChI=1S/C16H18NO/c1-17(18)16-12-10-15(11-13-16)9-5-8-14-6-3-2-4-7-14/h2-4,6-7,10-13H,5,8-9H2,1H3/q+1. The van der Waals surface area contributed by atoms with Gasteiger partial charge < -0.3 is 0 Å². The predicted molar refractivity (Wildman–Crippen MR) is 74.1 cm³/mol. The summed E-state index contributed by atoms with van der Waals surface area (Å²) in [4.78, 5) is 11.1. The van der Waals surface area contributed by atoms with Gasteiger partial charge in [0.25, 0.3) is 5.69 Å². The number of benzene rings is 2. The summed E-state index contributed by atoms with van der Waals surface area (Å²) in [6.07, 6.45) is 3.29. The van der Waals surface area contributed by atoms with Gasteiger partial charge in [-0.05, 0) is 30.4 Å². The van der Waals surface area contributed by atoms with E-state index in [-0.39, 0.29) is 0 Å². The van der Waals surface area contributed by atoms with Crippen molar-refractivity contribution in [2.75, 3.05) is 7.05 Å². The lowest BCUT2D eigenvalue weighted by atomic mass is 10.0. The van der Waals surface area contributed by atoms with E-state index < -0.39 is 0 Å². The summed E-state index contributed by atoms with van der Waals surface area (Å²) in [5, 5.41) is 0. The van der Waals surface area contributed by atoms with Crippen LogP contribution >= 0.6 is 0 Å². The van der Waals surface area contributed by atoms with E-state index in [9.17, 15) is 4.91 Å². The summed E-state index contributed by atoms with van der Waals surface area (Å²) >= 11 is 0. The zero-order valence-corrected chi connectivity index (χ0v) is 10.7. The summed E-state index contributed by atoms with van der Waals surface area (Å²) in [5.74, 6) is 0. The molecule has 0 spiro atoms. The van der Waals surface area contributed by atoms with Gasteiger partial charge in [-0.3, -0.25) is 0 Å². The second kappa shape index (κ2) is 6.10. The molecule has 92 valence electrons. The smallest absolute Gasteiger partial charge is 0.0622 e. The maximum Gasteiger partial charge on any atom is 0.255 e. The Morgan fingerprint density at radius 1 is 0.833 bits per heavy atom. The lowest BCUT2D eigenvalue weighted by Gasteiger charge is -2.02. The van der Waals surface area contributed by atoms with Crippen LogP contribution in [0, 0.1) is 4.91 Å². The molecule has 0 bridgehead atoms. The Morgan fingerprint density at radius 2 is 1.39 bits per heavy atom. The molecule has 2 nitrogen and oxygen atoms in total. The van der Waals surface area contributed by atoms with Gasteiger partial charge in [-0.1, -0.05) is 42.5 Å². The molecule has 0 aliphatic carbocycles. The second-order valence-corrected chi connectivity index (χ2v) is 4.50. The van der Waals surface area contributed by atoms with Gasteiger partial charge in [0.15, 0.2) is 7.05 Å². The molecule has 0 fully saturated rings. The van der Waals surface area contributed by atoms with E-state index in [0.29, 0.717) is 5.69 Å². The Hall–Kier alpha value is -1.96. The minimum Gasteiger partial charge on any atom is -0.0622 e. The third kappa shape index (κ3) is 3.52. The van der Waals surface area contributed by atoms with Crippen molar-refractivity contribution in [3.63, 3.8) is 0 Å². The first-order valence-electron chi connectivity index (χ1n) is 6.29. The molecule has 0 heterocycles. The van der Waals surface area contributed by atoms with Crippen molar-refractivity contribution in [1.82, 2.24) is 0 Å². The molecule has 0 aliphatic rings. The number of hydrogen-bond acceptors (Lipinski definition) is 1. The van der Waals surface area contributed by atoms with Crippen LogP contribution in [0.4, 0.5) is 5.69 Å². The van der Waals surface area contributed by atoms with Crippen molar-refractivity contribution in [1.29, 1.82) is 0 Å². The maximum atomic E-state index is 11.1. The third-order valence-corrected chi connectivity index (χ3v) is 3.07. The number of aryl methyl sites for hydroxylation is 2. The van der Waals surface area contributed by atoms with Gasteiger partial charge in [0, 0.05) is 21.8 Å². The number of nitrogens with zero attached hydrogens (tertiary/aromatic N) is 1. The first-order chi connectivity index (χ1) is 8.75. The maximum absolute atomic E-state index is 11.1. The van der Waals surface area contributed by atoms with Gasteiger partial charge in [0.2, 0.25) is 0 Å². The molecule has 18 heavy (non-hydrogen) atoms. The fourth-order valence-electron chi connectivity index (χ4n) is 2.01. The fraction of sp³-hybridized carbons (Fsp3) is 0.250. The third-order valence-electron chi connectivity index (χ3n) is 3.07. The Bertz CT molecular complexity index is 502. The molecule has 2 heteroatoms. The van der Waals surface area contributed by atoms with E-state index in [1.165, 1.54) is 18.2 Å². The highest BCUT2D eigenvalue weighted by Crippen LogP contribution is 2.13. The van der Waals surface area contributed by atoms with Crippen LogP contribution in [0.3, 0.4) is 0 Å². The van der Waals surface area contributed by atoms with Crippen molar-refractivity contribution in [3.8, 4) is 0 Å². The van der Waals surface area contributed by atoms with Gasteiger partial charge in [0.1, 0.15) is 0 Å². The zero-order valence-electron chi connectivity index (χ0n) is 10.7. The minimum atomic E-state index is 0.710. The highest BCUT2D eigenvalue weighted by molar-refractivity contribution is 5.32. The average Bonchev–Trinajstić information content (AvgIpc) is 2.40. The lowest BCUT2D eigenvalue weighted by molar-refractivity contribution is -0.428. The summed E-state index contributed by atoms with van der Waals surface area (Å²) in [7, 11) is 1.52. The average molecular weight is 240 g/mol. The molecule has 0 aliphatic heterocycles. The fourth-order valence-corrected chi connectivity index (χ4v) is 2.01. The van der Waals surface area contributed by atoms with Crippen molar-refractivity contribution < 1.29 is 4.76 Å². The Morgan fingerprint density at radius 3 is 1.94 bits per heavy atom. The summed E-state index contributed by atoms with van der Waals surface area (Å²) in [6, 6.07) is 18.4. The largest absolute Gasteiger partial charge is 0.255 e. The normalized spacial score (nSPS) is 10.3. The van der Waals surface area contributed by atoms with Gasteiger partial charge >= 0.3 is 0 Å². The molecule has 0 N–H and O–H groups in total. The minimum absolute atomic E-state index is 0.710. The molecule has 0 unspecified atom stereocenters. The molecule has 0 amide bonds. The van der Waals surface area contributed by atoms with Crippen LogP contribution in [0.25, 0.3) is 0 Å². The van der Waals surface area contributed by atoms with E-state index in [1.54, 1.807) is 0 Å². The van der Waals surface area contributed by atoms with E-state index in [1.807, 2.05) is 30.3 Å². The van der Waals surface area contributed by atoms with Crippen LogP contribution < -0.4 is 0 Å². The molecule has 2 rings (SSSR count). The molecule has 0 aromatic heterocycles. The SMILES string of the molecule is C[N+](=O)c1ccc(CCCc2ccccc2)cc1. The van der Waals surface area contributed by atoms with Crippen LogP contribution in [0.15, 0.2) is 54.6 Å². The molecule has 0 saturated heterocycles. The van der Waals surface area contributed by atoms with Gasteiger partial charge in [-0.2, -0.15) is 0 Å². The summed E-state index contributed by atoms with van der Waals surface area (Å²) < 4.78 is 0.883. The number of nitroso groups, excluding NO2 is 1. The van der Waals surface area contributed by atoms with Crippen molar-refractivity contribution in [3.05, 3.63) is 70.6 Å². The van der Waals surface area contributed by atoms with Crippen molar-refractivity contribution in [2.24, 2.45) is 0 Å². The Kier molecular flexibility index (Phi) is 4.24. The van der Waals surface area contributed by atoms with Crippen molar-refractivity contribution >= 4 is 5.69 Å². The molecular formula is C16H18NO+. The Balaban J connectivity index is 1.85. The van der Waals surface area contributed by atoms with E-state index in [2.05, 4.69) is 24.3 Å². The van der Waals surface area contributed by atoms with Crippen LogP contribution in [-0.2, 0) is 12.8 Å². The summed E-state index contributed by atoms with van der Waals surface area (Å²) in [5.41, 5.74) is 3.38. The van der Waals surface area contributed by atoms with Gasteiger partial charge in [-0.25, -0.2) is 0 Å². The van der Waals surface area contributed by atoms with Crippen LogP contribution in [0.5, 0.6) is 0 Å². The first kappa shape index (κ1) is 12.5. The van der Waals surface area contributed by atoms with Crippen LogP contribution in [0.1, 0.15) is 17.5 Å². The first-order valence-corrected chi connectivity index (χ1v) is 6.29. The quantitative estimate of drug-likeness (QED) is 0.726. The molecule has 0 atom stereocenters. The topological polar surface area (TPSA) is 20.1 Å². The Labute approximate surface area is 108 Å². The van der Waals surface area contributed by atoms with Crippen LogP contribution in [0.2, 0.25) is 0 Å².